The van der Waals surface area contributed by atoms with Gasteiger partial charge >= 0.3 is 5.97 Å². The number of carbonyl (C=O) groups excluding carboxylic acids is 1. The summed E-state index contributed by atoms with van der Waals surface area (Å²) in [7, 11) is 0. The Kier molecular flexibility index (Phi) is 3.42. The monoisotopic (exact) mass is 233 g/mol. The molecule has 0 aromatic heterocycles. The fourth-order valence-corrected chi connectivity index (χ4v) is 2.13. The van der Waals surface area contributed by atoms with Crippen molar-refractivity contribution in [2.75, 3.05) is 11.4 Å². The van der Waals surface area contributed by atoms with E-state index < -0.39 is 5.97 Å². The molecule has 0 saturated heterocycles. The van der Waals surface area contributed by atoms with Gasteiger partial charge in [-0.3, -0.25) is 9.59 Å². The van der Waals surface area contributed by atoms with Crippen LogP contribution in [-0.4, -0.2) is 23.5 Å². The van der Waals surface area contributed by atoms with Gasteiger partial charge in [0.15, 0.2) is 0 Å². The standard InChI is InChI=1S/C13H15NO3/c15-12-8-7-10-4-1-2-5-11(10)14(12)9-3-6-13(16)17/h1-2,4-5H,3,6-9H2,(H,16,17). The van der Waals surface area contributed by atoms with Crippen molar-refractivity contribution in [2.24, 2.45) is 0 Å². The first kappa shape index (κ1) is 11.6. The van der Waals surface area contributed by atoms with Crippen molar-refractivity contribution in [2.45, 2.75) is 25.7 Å². The van der Waals surface area contributed by atoms with Gasteiger partial charge in [-0.2, -0.15) is 0 Å². The smallest absolute Gasteiger partial charge is 0.303 e. The molecule has 90 valence electrons. The molecule has 0 atom stereocenters. The van der Waals surface area contributed by atoms with E-state index in [1.54, 1.807) is 4.90 Å². The van der Waals surface area contributed by atoms with Gasteiger partial charge in [0, 0.05) is 25.1 Å². The van der Waals surface area contributed by atoms with Crippen molar-refractivity contribution in [1.82, 2.24) is 0 Å². The lowest BCUT2D eigenvalue weighted by Crippen LogP contribution is -2.36. The van der Waals surface area contributed by atoms with E-state index in [0.29, 0.717) is 19.4 Å². The van der Waals surface area contributed by atoms with Gasteiger partial charge in [0.25, 0.3) is 0 Å². The van der Waals surface area contributed by atoms with E-state index in [0.717, 1.165) is 12.1 Å². The number of carboxylic acids is 1. The molecule has 0 unspecified atom stereocenters. The maximum absolute atomic E-state index is 11.8. The quantitative estimate of drug-likeness (QED) is 0.863. The molecule has 17 heavy (non-hydrogen) atoms. The lowest BCUT2D eigenvalue weighted by Gasteiger charge is -2.29. The topological polar surface area (TPSA) is 57.6 Å². The Morgan fingerprint density at radius 3 is 2.82 bits per heavy atom. The summed E-state index contributed by atoms with van der Waals surface area (Å²) >= 11 is 0. The first-order chi connectivity index (χ1) is 8.18. The predicted octanol–water partition coefficient (Wildman–Crippen LogP) is 1.83. The van der Waals surface area contributed by atoms with Crippen LogP contribution in [-0.2, 0) is 16.0 Å². The van der Waals surface area contributed by atoms with E-state index in [1.165, 1.54) is 5.56 Å². The summed E-state index contributed by atoms with van der Waals surface area (Å²) in [5.41, 5.74) is 2.11. The lowest BCUT2D eigenvalue weighted by atomic mass is 10.0. The average molecular weight is 233 g/mol. The third kappa shape index (κ3) is 2.64. The normalized spacial score (nSPS) is 14.6. The van der Waals surface area contributed by atoms with Crippen molar-refractivity contribution < 1.29 is 14.7 Å². The van der Waals surface area contributed by atoms with E-state index in [1.807, 2.05) is 24.3 Å². The SMILES string of the molecule is O=C(O)CCCN1C(=O)CCc2ccccc21. The number of nitrogens with zero attached hydrogens (tertiary/aromatic N) is 1. The Balaban J connectivity index is 2.10. The molecule has 0 radical (unpaired) electrons. The van der Waals surface area contributed by atoms with Crippen molar-refractivity contribution in [3.63, 3.8) is 0 Å². The Labute approximate surface area is 99.9 Å². The molecule has 1 aromatic carbocycles. The predicted molar refractivity (Wildman–Crippen MR) is 64.0 cm³/mol. The minimum atomic E-state index is -0.817. The molecule has 0 saturated carbocycles. The summed E-state index contributed by atoms with van der Waals surface area (Å²) in [5.74, 6) is -0.725. The zero-order chi connectivity index (χ0) is 12.3. The molecule has 1 aliphatic heterocycles. The van der Waals surface area contributed by atoms with Crippen LogP contribution >= 0.6 is 0 Å². The van der Waals surface area contributed by atoms with Crippen molar-refractivity contribution >= 4 is 17.6 Å². The third-order valence-electron chi connectivity index (χ3n) is 2.96. The molecule has 4 nitrogen and oxygen atoms in total. The molecule has 4 heteroatoms. The fraction of sp³-hybridized carbons (Fsp3) is 0.385. The van der Waals surface area contributed by atoms with Crippen LogP contribution in [0, 0.1) is 0 Å². The largest absolute Gasteiger partial charge is 0.481 e. The van der Waals surface area contributed by atoms with Crippen LogP contribution in [0.3, 0.4) is 0 Å². The van der Waals surface area contributed by atoms with E-state index >= 15 is 0 Å². The number of hydrogen-bond donors (Lipinski definition) is 1. The third-order valence-corrected chi connectivity index (χ3v) is 2.96. The summed E-state index contributed by atoms with van der Waals surface area (Å²) in [6, 6.07) is 7.81. The Morgan fingerprint density at radius 1 is 1.29 bits per heavy atom. The first-order valence-corrected chi connectivity index (χ1v) is 5.78. The lowest BCUT2D eigenvalue weighted by molar-refractivity contribution is -0.137. The minimum Gasteiger partial charge on any atom is -0.481 e. The molecule has 1 N–H and O–H groups in total. The summed E-state index contributed by atoms with van der Waals surface area (Å²) in [6.07, 6.45) is 1.90. The van der Waals surface area contributed by atoms with Gasteiger partial charge < -0.3 is 10.0 Å². The average Bonchev–Trinajstić information content (AvgIpc) is 2.32. The second-order valence-corrected chi connectivity index (χ2v) is 4.17. The number of aryl methyl sites for hydroxylation is 1. The number of aliphatic carboxylic acids is 1. The number of benzene rings is 1. The van der Waals surface area contributed by atoms with Crippen LogP contribution in [0.5, 0.6) is 0 Å². The van der Waals surface area contributed by atoms with Gasteiger partial charge in [-0.15, -0.1) is 0 Å². The number of hydrogen-bond acceptors (Lipinski definition) is 2. The summed E-state index contributed by atoms with van der Waals surface area (Å²) in [5, 5.41) is 8.60. The maximum Gasteiger partial charge on any atom is 0.303 e. The van der Waals surface area contributed by atoms with Crippen molar-refractivity contribution in [1.29, 1.82) is 0 Å². The van der Waals surface area contributed by atoms with Gasteiger partial charge in [0.1, 0.15) is 0 Å². The molecule has 0 spiro atoms. The second kappa shape index (κ2) is 4.99. The van der Waals surface area contributed by atoms with Gasteiger partial charge in [-0.05, 0) is 24.5 Å². The molecule has 0 aliphatic carbocycles. The van der Waals surface area contributed by atoms with Gasteiger partial charge in [-0.25, -0.2) is 0 Å². The van der Waals surface area contributed by atoms with Crippen LogP contribution < -0.4 is 4.90 Å². The van der Waals surface area contributed by atoms with Crippen LogP contribution in [0.2, 0.25) is 0 Å². The zero-order valence-corrected chi connectivity index (χ0v) is 9.56. The molecule has 0 bridgehead atoms. The first-order valence-electron chi connectivity index (χ1n) is 5.78. The van der Waals surface area contributed by atoms with E-state index in [9.17, 15) is 9.59 Å². The van der Waals surface area contributed by atoms with Crippen LogP contribution in [0.25, 0.3) is 0 Å². The minimum absolute atomic E-state index is 0.0917. The highest BCUT2D eigenvalue weighted by Crippen LogP contribution is 2.27. The highest BCUT2D eigenvalue weighted by molar-refractivity contribution is 5.96. The fourth-order valence-electron chi connectivity index (χ4n) is 2.13. The highest BCUT2D eigenvalue weighted by atomic mass is 16.4. The number of anilines is 1. The second-order valence-electron chi connectivity index (χ2n) is 4.17. The number of fused-ring (bicyclic) bond motifs is 1. The van der Waals surface area contributed by atoms with Crippen molar-refractivity contribution in [3.05, 3.63) is 29.8 Å². The zero-order valence-electron chi connectivity index (χ0n) is 9.56. The number of carboxylic acid groups (broad SMARTS) is 1. The Bertz CT molecular complexity index is 442. The molecule has 1 heterocycles. The number of carbonyl (C=O) groups is 2. The molecular formula is C13H15NO3. The molecule has 1 aliphatic rings. The highest BCUT2D eigenvalue weighted by Gasteiger charge is 2.23. The van der Waals surface area contributed by atoms with E-state index in [2.05, 4.69) is 0 Å². The molecule has 1 amide bonds. The van der Waals surface area contributed by atoms with Crippen LogP contribution in [0.4, 0.5) is 5.69 Å². The van der Waals surface area contributed by atoms with Gasteiger partial charge in [0.2, 0.25) is 5.91 Å². The Hall–Kier alpha value is -1.84. The van der Waals surface area contributed by atoms with Gasteiger partial charge in [0.05, 0.1) is 0 Å². The van der Waals surface area contributed by atoms with Crippen LogP contribution in [0.15, 0.2) is 24.3 Å². The summed E-state index contributed by atoms with van der Waals surface area (Å²) in [4.78, 5) is 24.0. The number of rotatable bonds is 4. The molecule has 2 rings (SSSR count). The van der Waals surface area contributed by atoms with Crippen LogP contribution in [0.1, 0.15) is 24.8 Å². The number of amides is 1. The van der Waals surface area contributed by atoms with E-state index in [4.69, 9.17) is 5.11 Å². The number of para-hydroxylation sites is 1. The van der Waals surface area contributed by atoms with Crippen molar-refractivity contribution in [3.8, 4) is 0 Å². The maximum atomic E-state index is 11.8. The molecule has 1 aromatic rings. The summed E-state index contributed by atoms with van der Waals surface area (Å²) in [6.45, 7) is 0.488. The molecule has 0 fully saturated rings. The van der Waals surface area contributed by atoms with E-state index in [-0.39, 0.29) is 12.3 Å². The van der Waals surface area contributed by atoms with Gasteiger partial charge in [-0.1, -0.05) is 18.2 Å². The Morgan fingerprint density at radius 2 is 2.06 bits per heavy atom. The summed E-state index contributed by atoms with van der Waals surface area (Å²) < 4.78 is 0. The molecular weight excluding hydrogens is 218 g/mol.